The lowest BCUT2D eigenvalue weighted by Gasteiger charge is -2.16. The van der Waals surface area contributed by atoms with Gasteiger partial charge in [-0.1, -0.05) is 36.4 Å². The number of benzene rings is 2. The predicted octanol–water partition coefficient (Wildman–Crippen LogP) is 3.40. The smallest absolute Gasteiger partial charge is 0.329 e. The molecule has 3 aromatic rings. The summed E-state index contributed by atoms with van der Waals surface area (Å²) in [7, 11) is 0. The van der Waals surface area contributed by atoms with Gasteiger partial charge in [0.2, 0.25) is 5.91 Å². The van der Waals surface area contributed by atoms with Crippen LogP contribution < -0.4 is 11.0 Å². The molecule has 0 aliphatic rings. The standard InChI is InChI=1S/C21H25N3O2/c1-4-23-18-11-7-8-12-19(18)24(21(23)26)14-13-20(25)22-16(3)17-10-6-5-9-15(17)2/h5-12,16H,4,13-14H2,1-3H3,(H,22,25). The van der Waals surface area contributed by atoms with E-state index >= 15 is 0 Å². The van der Waals surface area contributed by atoms with E-state index in [-0.39, 0.29) is 24.1 Å². The van der Waals surface area contributed by atoms with Crippen molar-refractivity contribution in [3.05, 3.63) is 70.1 Å². The van der Waals surface area contributed by atoms with Crippen LogP contribution in [0.15, 0.2) is 53.3 Å². The SMILES string of the molecule is CCn1c(=O)n(CCC(=O)NC(C)c2ccccc2C)c2ccccc21. The Balaban J connectivity index is 1.73. The molecule has 1 unspecified atom stereocenters. The number of carbonyl (C=O) groups is 1. The average molecular weight is 351 g/mol. The summed E-state index contributed by atoms with van der Waals surface area (Å²) in [5.74, 6) is -0.0546. The minimum absolute atomic E-state index is 0.0546. The van der Waals surface area contributed by atoms with E-state index in [9.17, 15) is 9.59 Å². The number of para-hydroxylation sites is 2. The van der Waals surface area contributed by atoms with E-state index < -0.39 is 0 Å². The zero-order chi connectivity index (χ0) is 18.7. The molecular formula is C21H25N3O2. The Morgan fingerprint density at radius 1 is 1.04 bits per heavy atom. The van der Waals surface area contributed by atoms with Crippen molar-refractivity contribution in [1.82, 2.24) is 14.5 Å². The van der Waals surface area contributed by atoms with Crippen LogP contribution in [0.2, 0.25) is 0 Å². The largest absolute Gasteiger partial charge is 0.350 e. The fraction of sp³-hybridized carbons (Fsp3) is 0.333. The Morgan fingerprint density at radius 2 is 1.65 bits per heavy atom. The lowest BCUT2D eigenvalue weighted by Crippen LogP contribution is -2.30. The van der Waals surface area contributed by atoms with Crippen molar-refractivity contribution in [3.8, 4) is 0 Å². The van der Waals surface area contributed by atoms with Gasteiger partial charge in [0.1, 0.15) is 0 Å². The van der Waals surface area contributed by atoms with Gasteiger partial charge in [-0.2, -0.15) is 0 Å². The molecule has 2 aromatic carbocycles. The van der Waals surface area contributed by atoms with Crippen molar-refractivity contribution >= 4 is 16.9 Å². The Labute approximate surface area is 153 Å². The molecule has 3 rings (SSSR count). The second-order valence-corrected chi connectivity index (χ2v) is 6.56. The normalized spacial score (nSPS) is 12.3. The van der Waals surface area contributed by atoms with E-state index in [0.29, 0.717) is 13.1 Å². The highest BCUT2D eigenvalue weighted by atomic mass is 16.2. The van der Waals surface area contributed by atoms with Gasteiger partial charge >= 0.3 is 5.69 Å². The molecule has 0 bridgehead atoms. The molecule has 1 aromatic heterocycles. The molecule has 5 heteroatoms. The fourth-order valence-electron chi connectivity index (χ4n) is 3.47. The first kappa shape index (κ1) is 18.0. The molecule has 0 aliphatic heterocycles. The molecule has 0 saturated carbocycles. The topological polar surface area (TPSA) is 56.0 Å². The monoisotopic (exact) mass is 351 g/mol. The first-order valence-electron chi connectivity index (χ1n) is 9.06. The van der Waals surface area contributed by atoms with Gasteiger partial charge < -0.3 is 5.32 Å². The summed E-state index contributed by atoms with van der Waals surface area (Å²) in [6.07, 6.45) is 0.272. The van der Waals surface area contributed by atoms with Crippen molar-refractivity contribution in [2.24, 2.45) is 0 Å². The molecular weight excluding hydrogens is 326 g/mol. The summed E-state index contributed by atoms with van der Waals surface area (Å²) in [5, 5.41) is 3.03. The summed E-state index contributed by atoms with van der Waals surface area (Å²) in [4.78, 5) is 25.0. The van der Waals surface area contributed by atoms with Crippen LogP contribution in [0.4, 0.5) is 0 Å². The lowest BCUT2D eigenvalue weighted by atomic mass is 10.0. The van der Waals surface area contributed by atoms with E-state index in [2.05, 4.69) is 5.32 Å². The van der Waals surface area contributed by atoms with Crippen molar-refractivity contribution in [2.75, 3.05) is 0 Å². The highest BCUT2D eigenvalue weighted by Gasteiger charge is 2.15. The average Bonchev–Trinajstić information content (AvgIpc) is 2.91. The molecule has 0 saturated heterocycles. The summed E-state index contributed by atoms with van der Waals surface area (Å²) < 4.78 is 3.43. The van der Waals surface area contributed by atoms with Crippen LogP contribution in [0, 0.1) is 6.92 Å². The Kier molecular flexibility index (Phi) is 5.26. The summed E-state index contributed by atoms with van der Waals surface area (Å²) in [6.45, 7) is 6.96. The third-order valence-corrected chi connectivity index (χ3v) is 4.84. The second-order valence-electron chi connectivity index (χ2n) is 6.56. The van der Waals surface area contributed by atoms with Crippen molar-refractivity contribution in [2.45, 2.75) is 46.3 Å². The number of nitrogens with zero attached hydrogens (tertiary/aromatic N) is 2. The van der Waals surface area contributed by atoms with Gasteiger partial charge in [-0.15, -0.1) is 0 Å². The van der Waals surface area contributed by atoms with Crippen LogP contribution in [-0.4, -0.2) is 15.0 Å². The predicted molar refractivity (Wildman–Crippen MR) is 104 cm³/mol. The molecule has 26 heavy (non-hydrogen) atoms. The van der Waals surface area contributed by atoms with Gasteiger partial charge in [0.25, 0.3) is 0 Å². The number of rotatable bonds is 6. The van der Waals surface area contributed by atoms with Crippen LogP contribution in [0.5, 0.6) is 0 Å². The van der Waals surface area contributed by atoms with Crippen molar-refractivity contribution < 1.29 is 4.79 Å². The number of carbonyl (C=O) groups excluding carboxylic acids is 1. The van der Waals surface area contributed by atoms with Crippen LogP contribution in [0.3, 0.4) is 0 Å². The number of hydrogen-bond acceptors (Lipinski definition) is 2. The quantitative estimate of drug-likeness (QED) is 0.740. The lowest BCUT2D eigenvalue weighted by molar-refractivity contribution is -0.121. The molecule has 1 amide bonds. The molecule has 1 atom stereocenters. The maximum Gasteiger partial charge on any atom is 0.329 e. The van der Waals surface area contributed by atoms with Gasteiger partial charge in [-0.05, 0) is 44.0 Å². The van der Waals surface area contributed by atoms with Crippen LogP contribution in [0.25, 0.3) is 11.0 Å². The van der Waals surface area contributed by atoms with E-state index in [1.165, 1.54) is 0 Å². The first-order chi connectivity index (χ1) is 12.5. The van der Waals surface area contributed by atoms with Crippen molar-refractivity contribution in [1.29, 1.82) is 0 Å². The number of hydrogen-bond donors (Lipinski definition) is 1. The molecule has 1 N–H and O–H groups in total. The molecule has 0 radical (unpaired) electrons. The minimum atomic E-state index is -0.0616. The van der Waals surface area contributed by atoms with E-state index in [0.717, 1.165) is 22.2 Å². The van der Waals surface area contributed by atoms with Crippen molar-refractivity contribution in [3.63, 3.8) is 0 Å². The van der Waals surface area contributed by atoms with E-state index in [4.69, 9.17) is 0 Å². The maximum atomic E-state index is 12.6. The maximum absolute atomic E-state index is 12.6. The third-order valence-electron chi connectivity index (χ3n) is 4.84. The van der Waals surface area contributed by atoms with Crippen LogP contribution in [-0.2, 0) is 17.9 Å². The van der Waals surface area contributed by atoms with Gasteiger partial charge in [0.05, 0.1) is 17.1 Å². The number of amides is 1. The zero-order valence-electron chi connectivity index (χ0n) is 15.5. The highest BCUT2D eigenvalue weighted by Crippen LogP contribution is 2.17. The zero-order valence-corrected chi connectivity index (χ0v) is 15.5. The Hall–Kier alpha value is -2.82. The molecule has 5 nitrogen and oxygen atoms in total. The third kappa shape index (κ3) is 3.43. The number of aryl methyl sites for hydroxylation is 3. The molecule has 0 aliphatic carbocycles. The summed E-state index contributed by atoms with van der Waals surface area (Å²) in [5.41, 5.74) is 3.99. The Bertz CT molecular complexity index is 984. The number of aromatic nitrogens is 2. The molecule has 136 valence electrons. The van der Waals surface area contributed by atoms with Crippen LogP contribution >= 0.6 is 0 Å². The first-order valence-corrected chi connectivity index (χ1v) is 9.06. The van der Waals surface area contributed by atoms with Gasteiger partial charge in [0, 0.05) is 19.5 Å². The fourth-order valence-corrected chi connectivity index (χ4v) is 3.47. The number of fused-ring (bicyclic) bond motifs is 1. The second kappa shape index (κ2) is 7.60. The number of imidazole rings is 1. The van der Waals surface area contributed by atoms with E-state index in [1.54, 1.807) is 9.13 Å². The Morgan fingerprint density at radius 3 is 2.31 bits per heavy atom. The van der Waals surface area contributed by atoms with Gasteiger partial charge in [-0.3, -0.25) is 13.9 Å². The van der Waals surface area contributed by atoms with Gasteiger partial charge in [-0.25, -0.2) is 4.79 Å². The minimum Gasteiger partial charge on any atom is -0.350 e. The summed E-state index contributed by atoms with van der Waals surface area (Å²) in [6, 6.07) is 15.7. The molecule has 0 fully saturated rings. The molecule has 0 spiro atoms. The molecule has 1 heterocycles. The van der Waals surface area contributed by atoms with E-state index in [1.807, 2.05) is 69.3 Å². The summed E-state index contributed by atoms with van der Waals surface area (Å²) >= 11 is 0. The van der Waals surface area contributed by atoms with Crippen LogP contribution in [0.1, 0.15) is 37.4 Å². The highest BCUT2D eigenvalue weighted by molar-refractivity contribution is 5.78. The number of nitrogens with one attached hydrogen (secondary N) is 1. The van der Waals surface area contributed by atoms with Gasteiger partial charge in [0.15, 0.2) is 0 Å².